The van der Waals surface area contributed by atoms with Crippen LogP contribution in [0.15, 0.2) is 0 Å². The Morgan fingerprint density at radius 3 is 2.20 bits per heavy atom. The third kappa shape index (κ3) is 1.51. The van der Waals surface area contributed by atoms with Gasteiger partial charge < -0.3 is 4.90 Å². The Morgan fingerprint density at radius 2 is 2.00 bits per heavy atom. The Bertz CT molecular complexity index is 109. The monoisotopic (exact) mass is 141 g/mol. The molecule has 0 N–H and O–H groups in total. The molecule has 1 heteroatoms. The number of likely N-dealkylation sites (tertiary alicyclic amines) is 1. The normalized spacial score (nSPS) is 35.7. The maximum absolute atomic E-state index is 2.50. The Labute approximate surface area is 64.4 Å². The van der Waals surface area contributed by atoms with Gasteiger partial charge in [-0.3, -0.25) is 0 Å². The molecule has 60 valence electrons. The van der Waals surface area contributed by atoms with Crippen molar-refractivity contribution < 1.29 is 0 Å². The van der Waals surface area contributed by atoms with E-state index in [0.717, 1.165) is 17.9 Å². The predicted molar refractivity (Wildman–Crippen MR) is 45.0 cm³/mol. The van der Waals surface area contributed by atoms with E-state index in [9.17, 15) is 0 Å². The summed E-state index contributed by atoms with van der Waals surface area (Å²) in [6.45, 7) is 8.28. The van der Waals surface area contributed by atoms with Crippen LogP contribution in [-0.4, -0.2) is 24.5 Å². The van der Waals surface area contributed by atoms with Crippen LogP contribution in [0.25, 0.3) is 0 Å². The molecule has 1 heterocycles. The second-order valence-electron chi connectivity index (χ2n) is 4.09. The zero-order valence-electron chi connectivity index (χ0n) is 7.59. The molecule has 0 aromatic rings. The summed E-state index contributed by atoms with van der Waals surface area (Å²) in [6.07, 6.45) is 1.40. The van der Waals surface area contributed by atoms with Crippen LogP contribution in [0.5, 0.6) is 0 Å². The summed E-state index contributed by atoms with van der Waals surface area (Å²) in [7, 11) is 2.24. The summed E-state index contributed by atoms with van der Waals surface area (Å²) in [4.78, 5) is 2.50. The van der Waals surface area contributed by atoms with Crippen molar-refractivity contribution in [1.82, 2.24) is 4.90 Å². The lowest BCUT2D eigenvalue weighted by Crippen LogP contribution is -2.29. The smallest absolute Gasteiger partial charge is 0.0118 e. The molecule has 0 bridgehead atoms. The van der Waals surface area contributed by atoms with E-state index >= 15 is 0 Å². The second kappa shape index (κ2) is 2.91. The van der Waals surface area contributed by atoms with E-state index in [1.807, 2.05) is 0 Å². The fraction of sp³-hybridized carbons (Fsp3) is 1.00. The van der Waals surface area contributed by atoms with Gasteiger partial charge in [-0.2, -0.15) is 0 Å². The SMILES string of the molecule is CC(C)C1C[C@@H](C)CN1C. The molecule has 0 aromatic carbocycles. The van der Waals surface area contributed by atoms with Gasteiger partial charge in [-0.05, 0) is 25.3 Å². The first-order chi connectivity index (χ1) is 4.61. The van der Waals surface area contributed by atoms with Gasteiger partial charge in [0.1, 0.15) is 0 Å². The lowest BCUT2D eigenvalue weighted by Gasteiger charge is -2.22. The second-order valence-corrected chi connectivity index (χ2v) is 4.09. The quantitative estimate of drug-likeness (QED) is 0.539. The van der Waals surface area contributed by atoms with E-state index in [0.29, 0.717) is 0 Å². The van der Waals surface area contributed by atoms with Crippen molar-refractivity contribution in [3.63, 3.8) is 0 Å². The van der Waals surface area contributed by atoms with E-state index in [-0.39, 0.29) is 0 Å². The molecule has 1 unspecified atom stereocenters. The van der Waals surface area contributed by atoms with Crippen molar-refractivity contribution in [2.24, 2.45) is 11.8 Å². The fourth-order valence-corrected chi connectivity index (χ4v) is 2.07. The van der Waals surface area contributed by atoms with Crippen LogP contribution in [0.3, 0.4) is 0 Å². The summed E-state index contributed by atoms with van der Waals surface area (Å²) in [5.74, 6) is 1.74. The van der Waals surface area contributed by atoms with E-state index in [1.54, 1.807) is 0 Å². The van der Waals surface area contributed by atoms with Crippen LogP contribution in [0.2, 0.25) is 0 Å². The van der Waals surface area contributed by atoms with Gasteiger partial charge >= 0.3 is 0 Å². The van der Waals surface area contributed by atoms with E-state index in [2.05, 4.69) is 32.7 Å². The number of hydrogen-bond acceptors (Lipinski definition) is 1. The molecule has 0 radical (unpaired) electrons. The Kier molecular flexibility index (Phi) is 2.35. The average molecular weight is 141 g/mol. The number of rotatable bonds is 1. The van der Waals surface area contributed by atoms with Crippen molar-refractivity contribution in [2.75, 3.05) is 13.6 Å². The highest BCUT2D eigenvalue weighted by atomic mass is 15.2. The van der Waals surface area contributed by atoms with Crippen LogP contribution < -0.4 is 0 Å². The number of hydrogen-bond donors (Lipinski definition) is 0. The molecular formula is C9H19N. The molecule has 0 saturated carbocycles. The highest BCUT2D eigenvalue weighted by Crippen LogP contribution is 2.25. The van der Waals surface area contributed by atoms with Gasteiger partial charge in [0, 0.05) is 12.6 Å². The van der Waals surface area contributed by atoms with Gasteiger partial charge in [-0.15, -0.1) is 0 Å². The fourth-order valence-electron chi connectivity index (χ4n) is 2.07. The molecular weight excluding hydrogens is 122 g/mol. The molecule has 0 aliphatic carbocycles. The average Bonchev–Trinajstić information content (AvgIpc) is 2.10. The zero-order chi connectivity index (χ0) is 7.72. The maximum atomic E-state index is 2.50. The topological polar surface area (TPSA) is 3.24 Å². The Morgan fingerprint density at radius 1 is 1.40 bits per heavy atom. The first-order valence-corrected chi connectivity index (χ1v) is 4.31. The highest BCUT2D eigenvalue weighted by molar-refractivity contribution is 4.82. The molecule has 1 rings (SSSR count). The molecule has 2 atom stereocenters. The van der Waals surface area contributed by atoms with Gasteiger partial charge in [0.05, 0.1) is 0 Å². The first kappa shape index (κ1) is 8.06. The molecule has 0 aromatic heterocycles. The van der Waals surface area contributed by atoms with Crippen molar-refractivity contribution in [3.05, 3.63) is 0 Å². The molecule has 1 saturated heterocycles. The summed E-state index contributed by atoms with van der Waals surface area (Å²) < 4.78 is 0. The summed E-state index contributed by atoms with van der Waals surface area (Å²) in [6, 6.07) is 0.843. The van der Waals surface area contributed by atoms with E-state index in [1.165, 1.54) is 13.0 Å². The molecule has 1 fully saturated rings. The zero-order valence-corrected chi connectivity index (χ0v) is 7.59. The minimum Gasteiger partial charge on any atom is -0.303 e. The van der Waals surface area contributed by atoms with Gasteiger partial charge in [-0.1, -0.05) is 20.8 Å². The van der Waals surface area contributed by atoms with Crippen LogP contribution in [0, 0.1) is 11.8 Å². The Hall–Kier alpha value is -0.0400. The third-order valence-electron chi connectivity index (χ3n) is 2.58. The molecule has 1 nitrogen and oxygen atoms in total. The summed E-state index contributed by atoms with van der Waals surface area (Å²) in [5, 5.41) is 0. The first-order valence-electron chi connectivity index (χ1n) is 4.31. The largest absolute Gasteiger partial charge is 0.303 e. The summed E-state index contributed by atoms with van der Waals surface area (Å²) in [5.41, 5.74) is 0. The van der Waals surface area contributed by atoms with Crippen molar-refractivity contribution in [2.45, 2.75) is 33.2 Å². The predicted octanol–water partition coefficient (Wildman–Crippen LogP) is 1.98. The van der Waals surface area contributed by atoms with Crippen LogP contribution in [0.4, 0.5) is 0 Å². The molecule has 1 aliphatic rings. The van der Waals surface area contributed by atoms with Crippen LogP contribution >= 0.6 is 0 Å². The maximum Gasteiger partial charge on any atom is 0.0118 e. The standard InChI is InChI=1S/C9H19N/c1-7(2)9-5-8(3)6-10(9)4/h7-9H,5-6H2,1-4H3/t8-,9?/m1/s1. The highest BCUT2D eigenvalue weighted by Gasteiger charge is 2.28. The van der Waals surface area contributed by atoms with Crippen LogP contribution in [0.1, 0.15) is 27.2 Å². The molecule has 0 spiro atoms. The van der Waals surface area contributed by atoms with Crippen molar-refractivity contribution in [1.29, 1.82) is 0 Å². The number of nitrogens with zero attached hydrogens (tertiary/aromatic N) is 1. The van der Waals surface area contributed by atoms with Gasteiger partial charge in [-0.25, -0.2) is 0 Å². The lowest BCUT2D eigenvalue weighted by atomic mass is 9.99. The van der Waals surface area contributed by atoms with Crippen LogP contribution in [-0.2, 0) is 0 Å². The van der Waals surface area contributed by atoms with Gasteiger partial charge in [0.2, 0.25) is 0 Å². The molecule has 1 aliphatic heterocycles. The Balaban J connectivity index is 2.46. The van der Waals surface area contributed by atoms with Gasteiger partial charge in [0.25, 0.3) is 0 Å². The van der Waals surface area contributed by atoms with E-state index in [4.69, 9.17) is 0 Å². The third-order valence-corrected chi connectivity index (χ3v) is 2.58. The lowest BCUT2D eigenvalue weighted by molar-refractivity contribution is 0.250. The minimum atomic E-state index is 0.829. The van der Waals surface area contributed by atoms with Crippen molar-refractivity contribution >= 4 is 0 Å². The van der Waals surface area contributed by atoms with Gasteiger partial charge in [0.15, 0.2) is 0 Å². The van der Waals surface area contributed by atoms with Crippen molar-refractivity contribution in [3.8, 4) is 0 Å². The van der Waals surface area contributed by atoms with E-state index < -0.39 is 0 Å². The summed E-state index contributed by atoms with van der Waals surface area (Å²) >= 11 is 0. The molecule has 0 amide bonds. The molecule has 10 heavy (non-hydrogen) atoms. The minimum absolute atomic E-state index is 0.829.